The molecule has 452 valence electrons. The number of Topliss-reactive ketones (excluding diaryl/α,β-unsaturated/α-hetero) is 1. The minimum absolute atomic E-state index is 0.0629. The van der Waals surface area contributed by atoms with Crippen molar-refractivity contribution in [1.29, 1.82) is 0 Å². The smallest absolute Gasteiger partial charge is 0.260 e. The van der Waals surface area contributed by atoms with Gasteiger partial charge >= 0.3 is 0 Å². The maximum absolute atomic E-state index is 14.2. The summed E-state index contributed by atoms with van der Waals surface area (Å²) in [5, 5.41) is 5.77. The molecule has 0 spiro atoms. The van der Waals surface area contributed by atoms with Gasteiger partial charge in [0.15, 0.2) is 28.8 Å². The van der Waals surface area contributed by atoms with E-state index in [1.807, 2.05) is 44.6 Å². The van der Waals surface area contributed by atoms with Crippen LogP contribution in [0.1, 0.15) is 117 Å². The number of carbonyl (C=O) groups excluding carboxylic acids is 7. The summed E-state index contributed by atoms with van der Waals surface area (Å²) >= 11 is 0. The maximum Gasteiger partial charge on any atom is 0.260 e. The number of ether oxygens (including phenoxy) is 4. The summed E-state index contributed by atoms with van der Waals surface area (Å²) in [7, 11) is 5.21. The Labute approximate surface area is 502 Å². The fraction of sp³-hybridized carbons (Fsp3) is 0.439. The van der Waals surface area contributed by atoms with Gasteiger partial charge in [0.2, 0.25) is 23.6 Å². The third-order valence-electron chi connectivity index (χ3n) is 16.9. The number of amides is 6. The van der Waals surface area contributed by atoms with E-state index < -0.39 is 12.0 Å². The SMILES string of the molecule is COc1cc2c(cc1OCCCOc1cc3c(cc1OC)C(=O)N1C=C(c4ccc(N5CCN(C)CC5)cc4)C[C@H]1C=N3)N=C[C@@H]1CC(c3ccc(NC(=O)[C@H](C)CC(=O)[C@@H](NC(=O)CCCCCN4C(=O)CC(C)C4=O)C(C)C)cc3)=CN1C2=O. The second kappa shape index (κ2) is 26.7. The highest BCUT2D eigenvalue weighted by Gasteiger charge is 2.37. The number of nitrogens with zero attached hydrogens (tertiary/aromatic N) is 7. The van der Waals surface area contributed by atoms with E-state index in [-0.39, 0.29) is 97.6 Å². The number of likely N-dealkylation sites (tertiary alicyclic amines) is 1. The number of nitrogens with one attached hydrogen (secondary N) is 2. The third-order valence-corrected chi connectivity index (χ3v) is 16.9. The Kier molecular flexibility index (Phi) is 18.8. The first-order chi connectivity index (χ1) is 41.5. The fourth-order valence-electron chi connectivity index (χ4n) is 11.8. The van der Waals surface area contributed by atoms with Crippen molar-refractivity contribution in [3.05, 3.63) is 107 Å². The topological polar surface area (TPSA) is 221 Å². The number of hydrogen-bond acceptors (Lipinski definition) is 15. The maximum atomic E-state index is 14.2. The number of benzene rings is 4. The largest absolute Gasteiger partial charge is 0.493 e. The first-order valence-corrected chi connectivity index (χ1v) is 29.9. The predicted molar refractivity (Wildman–Crippen MR) is 329 cm³/mol. The number of rotatable bonds is 24. The molecule has 1 unspecified atom stereocenters. The van der Waals surface area contributed by atoms with E-state index in [1.165, 1.54) is 17.7 Å². The van der Waals surface area contributed by atoms with E-state index in [2.05, 4.69) is 51.7 Å². The molecule has 10 rings (SSSR count). The Hall–Kier alpha value is -8.65. The average molecular weight is 1170 g/mol. The Morgan fingerprint density at radius 3 is 1.72 bits per heavy atom. The van der Waals surface area contributed by atoms with Gasteiger partial charge in [-0.3, -0.25) is 48.4 Å². The molecule has 2 fully saturated rings. The zero-order valence-electron chi connectivity index (χ0n) is 50.1. The summed E-state index contributed by atoms with van der Waals surface area (Å²) in [6, 6.07) is 21.4. The van der Waals surface area contributed by atoms with Crippen LogP contribution < -0.4 is 34.5 Å². The van der Waals surface area contributed by atoms with Crippen molar-refractivity contribution in [2.45, 2.75) is 104 Å². The minimum Gasteiger partial charge on any atom is -0.493 e. The molecule has 2 N–H and O–H groups in total. The van der Waals surface area contributed by atoms with Gasteiger partial charge in [-0.1, -0.05) is 58.4 Å². The number of imide groups is 1. The third kappa shape index (κ3) is 13.5. The van der Waals surface area contributed by atoms with Gasteiger partial charge in [0.05, 0.1) is 68.1 Å². The standard InChI is InChI=1S/C66H77N9O11/c1-40(2)62(70-60(77)12-9-8-10-21-73-61(78)29-42(4)64(73)80)55(76)28-41(3)63(79)69-47-17-13-43(14-18-47)45-30-49-36-67-53-34-58(56(83-6)32-51(53)65(81)74(49)38-45)85-26-11-27-86-59-35-54-52(33-57(59)84-7)66(82)75-39-46(31-50(75)37-68-54)44-15-19-48(20-16-44)72-24-22-71(5)23-25-72/h13-20,32-42,49-50,62H,8-12,21-31H2,1-7H3,(H,69,79)(H,70,77)/t41-,42?,49+,50+,62+/m1/s1. The lowest BCUT2D eigenvalue weighted by molar-refractivity contribution is -0.139. The molecule has 4 aromatic rings. The number of ketones is 1. The molecule has 2 saturated heterocycles. The monoisotopic (exact) mass is 1170 g/mol. The Morgan fingerprint density at radius 1 is 0.663 bits per heavy atom. The van der Waals surface area contributed by atoms with E-state index in [9.17, 15) is 33.6 Å². The van der Waals surface area contributed by atoms with Crippen LogP contribution in [0.3, 0.4) is 0 Å². The zero-order valence-corrected chi connectivity index (χ0v) is 50.1. The van der Waals surface area contributed by atoms with Crippen molar-refractivity contribution < 1.29 is 52.5 Å². The number of piperazine rings is 1. The molecular formula is C66H77N9O11. The highest BCUT2D eigenvalue weighted by molar-refractivity contribution is 6.07. The average Bonchev–Trinajstić information content (AvgIpc) is 2.13. The lowest BCUT2D eigenvalue weighted by Gasteiger charge is -2.34. The summed E-state index contributed by atoms with van der Waals surface area (Å²) < 4.78 is 23.8. The van der Waals surface area contributed by atoms with Crippen molar-refractivity contribution in [2.75, 3.05) is 77.4 Å². The fourth-order valence-corrected chi connectivity index (χ4v) is 11.8. The van der Waals surface area contributed by atoms with Gasteiger partial charge in [-0.2, -0.15) is 0 Å². The van der Waals surface area contributed by atoms with Gasteiger partial charge in [0, 0.05) is 131 Å². The quantitative estimate of drug-likeness (QED) is 0.0495. The normalized spacial score (nSPS) is 19.7. The Morgan fingerprint density at radius 2 is 1.21 bits per heavy atom. The highest BCUT2D eigenvalue weighted by atomic mass is 16.5. The number of carbonyl (C=O) groups is 7. The number of aliphatic imine (C=N–C) groups is 2. The number of likely N-dealkylation sites (N-methyl/N-ethyl adjacent to an activating group) is 1. The summed E-state index contributed by atoms with van der Waals surface area (Å²) in [6.45, 7) is 12.1. The molecule has 6 aliphatic heterocycles. The van der Waals surface area contributed by atoms with Crippen LogP contribution in [0.5, 0.6) is 23.0 Å². The lowest BCUT2D eigenvalue weighted by atomic mass is 9.92. The molecule has 0 radical (unpaired) electrons. The van der Waals surface area contributed by atoms with Gasteiger partial charge in [-0.15, -0.1) is 0 Å². The molecule has 0 bridgehead atoms. The van der Waals surface area contributed by atoms with Gasteiger partial charge < -0.3 is 49.2 Å². The Bertz CT molecular complexity index is 3380. The van der Waals surface area contributed by atoms with Crippen LogP contribution in [-0.2, 0) is 24.0 Å². The van der Waals surface area contributed by atoms with E-state index in [0.29, 0.717) is 96.3 Å². The molecule has 6 amide bonds. The van der Waals surface area contributed by atoms with Crippen LogP contribution in [0.4, 0.5) is 22.7 Å². The number of unbranched alkanes of at least 4 members (excludes halogenated alkanes) is 2. The second-order valence-electron chi connectivity index (χ2n) is 23.5. The van der Waals surface area contributed by atoms with Crippen LogP contribution in [0.25, 0.3) is 11.1 Å². The summed E-state index contributed by atoms with van der Waals surface area (Å²) in [6.07, 6.45) is 11.2. The Balaban J connectivity index is 0.680. The number of hydrogen-bond donors (Lipinski definition) is 2. The summed E-state index contributed by atoms with van der Waals surface area (Å²) in [5.74, 6) is -1.02. The van der Waals surface area contributed by atoms with E-state index in [4.69, 9.17) is 28.9 Å². The van der Waals surface area contributed by atoms with Crippen molar-refractivity contribution in [3.63, 3.8) is 0 Å². The zero-order chi connectivity index (χ0) is 60.8. The van der Waals surface area contributed by atoms with Crippen molar-refractivity contribution >= 4 is 87.6 Å². The van der Waals surface area contributed by atoms with Gasteiger partial charge in [-0.25, -0.2) is 0 Å². The molecule has 4 aromatic carbocycles. The van der Waals surface area contributed by atoms with Crippen molar-refractivity contribution in [1.82, 2.24) is 24.9 Å². The van der Waals surface area contributed by atoms with Gasteiger partial charge in [0.25, 0.3) is 11.8 Å². The molecule has 20 nitrogen and oxygen atoms in total. The predicted octanol–water partition coefficient (Wildman–Crippen LogP) is 8.88. The van der Waals surface area contributed by atoms with Crippen molar-refractivity contribution in [2.24, 2.45) is 27.7 Å². The molecule has 20 heteroatoms. The number of fused-ring (bicyclic) bond motifs is 4. The molecule has 86 heavy (non-hydrogen) atoms. The van der Waals surface area contributed by atoms with Crippen LogP contribution in [0.2, 0.25) is 0 Å². The first kappa shape index (κ1) is 60.5. The van der Waals surface area contributed by atoms with E-state index in [0.717, 1.165) is 48.5 Å². The molecule has 0 aromatic heterocycles. The second-order valence-corrected chi connectivity index (χ2v) is 23.5. The highest BCUT2D eigenvalue weighted by Crippen LogP contribution is 2.42. The first-order valence-electron chi connectivity index (χ1n) is 29.9. The van der Waals surface area contributed by atoms with Crippen molar-refractivity contribution in [3.8, 4) is 23.0 Å². The molecule has 6 heterocycles. The van der Waals surface area contributed by atoms with Crippen LogP contribution in [-0.4, -0.2) is 159 Å². The van der Waals surface area contributed by atoms with Gasteiger partial charge in [0.1, 0.15) is 0 Å². The molecule has 6 aliphatic rings. The van der Waals surface area contributed by atoms with Crippen LogP contribution in [0.15, 0.2) is 95.2 Å². The summed E-state index contributed by atoms with van der Waals surface area (Å²) in [4.78, 5) is 111. The molecule has 0 saturated carbocycles. The summed E-state index contributed by atoms with van der Waals surface area (Å²) in [5.41, 5.74) is 7.43. The van der Waals surface area contributed by atoms with E-state index in [1.54, 1.807) is 73.4 Å². The van der Waals surface area contributed by atoms with Crippen LogP contribution in [0, 0.1) is 17.8 Å². The number of anilines is 2. The minimum atomic E-state index is -0.754. The van der Waals surface area contributed by atoms with Gasteiger partial charge in [-0.05, 0) is 84.5 Å². The van der Waals surface area contributed by atoms with Crippen LogP contribution >= 0.6 is 0 Å². The molecule has 0 aliphatic carbocycles. The lowest BCUT2D eigenvalue weighted by Crippen LogP contribution is -2.45. The number of methoxy groups -OCH3 is 2. The molecule has 5 atom stereocenters. The molecular weight excluding hydrogens is 1090 g/mol. The van der Waals surface area contributed by atoms with E-state index >= 15 is 0 Å².